The van der Waals surface area contributed by atoms with Crippen molar-refractivity contribution in [1.82, 2.24) is 0 Å². The van der Waals surface area contributed by atoms with Gasteiger partial charge in [0.05, 0.1) is 0 Å². The van der Waals surface area contributed by atoms with Crippen LogP contribution in [-0.4, -0.2) is 12.8 Å². The van der Waals surface area contributed by atoms with E-state index in [0.29, 0.717) is 0 Å². The normalized spacial score (nSPS) is 12.8. The zero-order chi connectivity index (χ0) is 11.3. The first-order chi connectivity index (χ1) is 7.13. The molecule has 0 fully saturated rings. The number of benzene rings is 1. The third-order valence-corrected chi connectivity index (χ3v) is 2.27. The number of oxime groups is 1. The minimum Gasteiger partial charge on any atom is -0.399 e. The van der Waals surface area contributed by atoms with E-state index in [2.05, 4.69) is 25.9 Å². The molecule has 0 spiro atoms. The van der Waals surface area contributed by atoms with Crippen LogP contribution >= 0.6 is 15.9 Å². The zero-order valence-electron chi connectivity index (χ0n) is 8.50. The molecule has 0 aliphatic heterocycles. The van der Waals surface area contributed by atoms with E-state index in [1.165, 1.54) is 13.2 Å². The Kier molecular flexibility index (Phi) is 4.49. The minimum absolute atomic E-state index is 0.223. The Bertz CT molecular complexity index is 384. The highest BCUT2D eigenvalue weighted by molar-refractivity contribution is 9.10. The van der Waals surface area contributed by atoms with Gasteiger partial charge < -0.3 is 4.84 Å². The molecule has 0 bridgehead atoms. The van der Waals surface area contributed by atoms with Crippen LogP contribution in [0.5, 0.6) is 0 Å². The maximum absolute atomic E-state index is 13.4. The molecule has 1 aromatic carbocycles. The van der Waals surface area contributed by atoms with Gasteiger partial charge in [0, 0.05) is 4.47 Å². The molecule has 80 valence electrons. The van der Waals surface area contributed by atoms with Gasteiger partial charge >= 0.3 is 0 Å². The fourth-order valence-corrected chi connectivity index (χ4v) is 1.25. The van der Waals surface area contributed by atoms with Crippen molar-refractivity contribution in [2.24, 2.45) is 5.16 Å². The van der Waals surface area contributed by atoms with Gasteiger partial charge in [0.25, 0.3) is 0 Å². The van der Waals surface area contributed by atoms with Gasteiger partial charge in [-0.25, -0.2) is 4.39 Å². The molecule has 1 rings (SSSR count). The van der Waals surface area contributed by atoms with Crippen LogP contribution in [0.4, 0.5) is 4.39 Å². The van der Waals surface area contributed by atoms with Crippen molar-refractivity contribution in [3.63, 3.8) is 0 Å². The van der Waals surface area contributed by atoms with Crippen LogP contribution in [-0.2, 0) is 4.84 Å². The molecule has 0 atom stereocenters. The lowest BCUT2D eigenvalue weighted by molar-refractivity contribution is 0.213. The summed E-state index contributed by atoms with van der Waals surface area (Å²) in [6.45, 7) is 1.55. The van der Waals surface area contributed by atoms with E-state index in [0.717, 1.165) is 10.0 Å². The third-order valence-electron chi connectivity index (χ3n) is 1.74. The van der Waals surface area contributed by atoms with E-state index >= 15 is 0 Å². The van der Waals surface area contributed by atoms with Gasteiger partial charge in [-0.05, 0) is 30.7 Å². The summed E-state index contributed by atoms with van der Waals surface area (Å²) in [5, 5.41) is 3.50. The Morgan fingerprint density at radius 3 is 2.53 bits per heavy atom. The van der Waals surface area contributed by atoms with Gasteiger partial charge in [-0.2, -0.15) is 0 Å². The molecule has 0 radical (unpaired) electrons. The Hall–Kier alpha value is -1.16. The van der Waals surface area contributed by atoms with Crippen LogP contribution in [0.15, 0.2) is 39.7 Å². The van der Waals surface area contributed by atoms with Crippen LogP contribution in [0.2, 0.25) is 0 Å². The fourth-order valence-electron chi connectivity index (χ4n) is 0.990. The van der Waals surface area contributed by atoms with Crippen LogP contribution in [0.3, 0.4) is 0 Å². The Morgan fingerprint density at radius 2 is 2.00 bits per heavy atom. The molecule has 0 aromatic heterocycles. The van der Waals surface area contributed by atoms with Gasteiger partial charge in [0.2, 0.25) is 0 Å². The molecule has 0 heterocycles. The van der Waals surface area contributed by atoms with Crippen LogP contribution in [0, 0.1) is 0 Å². The molecule has 2 nitrogen and oxygen atoms in total. The predicted molar refractivity (Wildman–Crippen MR) is 63.3 cm³/mol. The van der Waals surface area contributed by atoms with E-state index in [4.69, 9.17) is 0 Å². The summed E-state index contributed by atoms with van der Waals surface area (Å²) in [7, 11) is 1.39. The molecule has 0 amide bonds. The first-order valence-electron chi connectivity index (χ1n) is 4.34. The highest BCUT2D eigenvalue weighted by Crippen LogP contribution is 2.14. The Balaban J connectivity index is 2.87. The Labute approximate surface area is 96.6 Å². The lowest BCUT2D eigenvalue weighted by Gasteiger charge is -1.97. The third kappa shape index (κ3) is 3.83. The lowest BCUT2D eigenvalue weighted by Crippen LogP contribution is -1.92. The first kappa shape index (κ1) is 11.9. The van der Waals surface area contributed by atoms with Crippen molar-refractivity contribution < 1.29 is 9.23 Å². The summed E-state index contributed by atoms with van der Waals surface area (Å²) in [6, 6.07) is 7.32. The second-order valence-electron chi connectivity index (χ2n) is 2.90. The standard InChI is InChI=1S/C11H11BrFNO/c1-8(14-15-2)11(13)7-9-3-5-10(12)6-4-9/h3-7H,1-2H3/b11-7-,14-8+. The average molecular weight is 272 g/mol. The van der Waals surface area contributed by atoms with Crippen LogP contribution in [0.1, 0.15) is 12.5 Å². The van der Waals surface area contributed by atoms with E-state index in [-0.39, 0.29) is 5.71 Å². The average Bonchev–Trinajstić information content (AvgIpc) is 2.22. The molecule has 0 saturated heterocycles. The minimum atomic E-state index is -0.404. The second-order valence-corrected chi connectivity index (χ2v) is 3.82. The molecule has 4 heteroatoms. The topological polar surface area (TPSA) is 21.6 Å². The van der Waals surface area contributed by atoms with Crippen molar-refractivity contribution in [1.29, 1.82) is 0 Å². The summed E-state index contributed by atoms with van der Waals surface area (Å²) >= 11 is 3.31. The van der Waals surface area contributed by atoms with Gasteiger partial charge in [0.15, 0.2) is 0 Å². The fraction of sp³-hybridized carbons (Fsp3) is 0.182. The largest absolute Gasteiger partial charge is 0.399 e. The number of halogens is 2. The summed E-state index contributed by atoms with van der Waals surface area (Å²) in [5.74, 6) is -0.404. The summed E-state index contributed by atoms with van der Waals surface area (Å²) in [6.07, 6.45) is 1.41. The number of hydrogen-bond acceptors (Lipinski definition) is 2. The van der Waals surface area contributed by atoms with E-state index in [1.807, 2.05) is 24.3 Å². The zero-order valence-corrected chi connectivity index (χ0v) is 10.1. The number of hydrogen-bond donors (Lipinski definition) is 0. The van der Waals surface area contributed by atoms with E-state index < -0.39 is 5.83 Å². The van der Waals surface area contributed by atoms with Crippen molar-refractivity contribution in [2.75, 3.05) is 7.11 Å². The van der Waals surface area contributed by atoms with Gasteiger partial charge in [-0.1, -0.05) is 33.2 Å². The SMILES string of the molecule is CO/N=C(C)/C(F)=C/c1ccc(Br)cc1. The number of nitrogens with zero attached hydrogens (tertiary/aromatic N) is 1. The molecule has 0 aliphatic rings. The summed E-state index contributed by atoms with van der Waals surface area (Å²) < 4.78 is 14.4. The van der Waals surface area contributed by atoms with Crippen molar-refractivity contribution in [3.05, 3.63) is 40.1 Å². The van der Waals surface area contributed by atoms with Crippen LogP contribution in [0.25, 0.3) is 6.08 Å². The quantitative estimate of drug-likeness (QED) is 0.606. The van der Waals surface area contributed by atoms with E-state index in [9.17, 15) is 4.39 Å². The summed E-state index contributed by atoms with van der Waals surface area (Å²) in [5.41, 5.74) is 1.00. The molecular weight excluding hydrogens is 261 g/mol. The maximum Gasteiger partial charge on any atom is 0.148 e. The highest BCUT2D eigenvalue weighted by Gasteiger charge is 2.00. The molecule has 0 N–H and O–H groups in total. The number of allylic oxidation sites excluding steroid dienone is 1. The van der Waals surface area contributed by atoms with Crippen molar-refractivity contribution in [2.45, 2.75) is 6.92 Å². The molecule has 0 unspecified atom stereocenters. The van der Waals surface area contributed by atoms with Crippen molar-refractivity contribution >= 4 is 27.7 Å². The molecule has 0 saturated carbocycles. The first-order valence-corrected chi connectivity index (χ1v) is 5.13. The number of rotatable bonds is 3. The molecule has 1 aromatic rings. The van der Waals surface area contributed by atoms with Gasteiger partial charge in [-0.3, -0.25) is 0 Å². The highest BCUT2D eigenvalue weighted by atomic mass is 79.9. The molecule has 0 aliphatic carbocycles. The molecular formula is C11H11BrFNO. The van der Waals surface area contributed by atoms with E-state index in [1.54, 1.807) is 6.92 Å². The van der Waals surface area contributed by atoms with Gasteiger partial charge in [-0.15, -0.1) is 0 Å². The second kappa shape index (κ2) is 5.66. The predicted octanol–water partition coefficient (Wildman–Crippen LogP) is 3.78. The van der Waals surface area contributed by atoms with Crippen LogP contribution < -0.4 is 0 Å². The maximum atomic E-state index is 13.4. The van der Waals surface area contributed by atoms with Crippen molar-refractivity contribution in [3.8, 4) is 0 Å². The summed E-state index contributed by atoms with van der Waals surface area (Å²) in [4.78, 5) is 4.48. The lowest BCUT2D eigenvalue weighted by atomic mass is 10.2. The Morgan fingerprint density at radius 1 is 1.40 bits per heavy atom. The molecule has 15 heavy (non-hydrogen) atoms. The smallest absolute Gasteiger partial charge is 0.148 e. The van der Waals surface area contributed by atoms with Gasteiger partial charge in [0.1, 0.15) is 18.6 Å². The monoisotopic (exact) mass is 271 g/mol.